The minimum atomic E-state index is -0.250. The highest BCUT2D eigenvalue weighted by Crippen LogP contribution is 2.16. The van der Waals surface area contributed by atoms with Gasteiger partial charge in [0.05, 0.1) is 0 Å². The van der Waals surface area contributed by atoms with E-state index in [1.165, 1.54) is 11.1 Å². The van der Waals surface area contributed by atoms with Crippen LogP contribution in [0.25, 0.3) is 0 Å². The number of carbonyl (C=O) groups is 2. The SMILES string of the molecule is CCCNC(=O)COc1ccc(C)c(C)c1.O=CO. The molecule has 106 valence electrons. The van der Waals surface area contributed by atoms with Crippen LogP contribution in [0.5, 0.6) is 5.75 Å². The van der Waals surface area contributed by atoms with Crippen LogP contribution in [0.4, 0.5) is 0 Å². The minimum Gasteiger partial charge on any atom is -0.484 e. The Morgan fingerprint density at radius 3 is 2.53 bits per heavy atom. The van der Waals surface area contributed by atoms with Crippen LogP contribution in [0.1, 0.15) is 24.5 Å². The van der Waals surface area contributed by atoms with Gasteiger partial charge in [0.1, 0.15) is 5.75 Å². The zero-order chi connectivity index (χ0) is 14.7. The van der Waals surface area contributed by atoms with Crippen LogP contribution in [0.2, 0.25) is 0 Å². The molecule has 5 nitrogen and oxygen atoms in total. The number of benzene rings is 1. The number of rotatable bonds is 5. The largest absolute Gasteiger partial charge is 0.484 e. The van der Waals surface area contributed by atoms with Gasteiger partial charge in [-0.15, -0.1) is 0 Å². The van der Waals surface area contributed by atoms with Crippen LogP contribution >= 0.6 is 0 Å². The molecule has 0 heterocycles. The molecular weight excluding hydrogens is 246 g/mol. The molecule has 1 aromatic rings. The highest BCUT2D eigenvalue weighted by molar-refractivity contribution is 5.77. The van der Waals surface area contributed by atoms with Crippen molar-refractivity contribution < 1.29 is 19.4 Å². The maximum Gasteiger partial charge on any atom is 0.290 e. The van der Waals surface area contributed by atoms with E-state index in [9.17, 15) is 4.79 Å². The number of hydrogen-bond acceptors (Lipinski definition) is 3. The lowest BCUT2D eigenvalue weighted by molar-refractivity contribution is -0.123. The number of aryl methyl sites for hydroxylation is 2. The van der Waals surface area contributed by atoms with E-state index in [0.717, 1.165) is 12.2 Å². The van der Waals surface area contributed by atoms with Crippen molar-refractivity contribution >= 4 is 12.4 Å². The van der Waals surface area contributed by atoms with Gasteiger partial charge in [-0.05, 0) is 43.5 Å². The highest BCUT2D eigenvalue weighted by atomic mass is 16.5. The van der Waals surface area contributed by atoms with Gasteiger partial charge >= 0.3 is 0 Å². The average molecular weight is 267 g/mol. The quantitative estimate of drug-likeness (QED) is 0.799. The van der Waals surface area contributed by atoms with Crippen molar-refractivity contribution in [2.24, 2.45) is 0 Å². The molecule has 1 aromatic carbocycles. The van der Waals surface area contributed by atoms with Crippen molar-refractivity contribution in [2.45, 2.75) is 27.2 Å². The Morgan fingerprint density at radius 1 is 1.37 bits per heavy atom. The third kappa shape index (κ3) is 7.81. The smallest absolute Gasteiger partial charge is 0.290 e. The summed E-state index contributed by atoms with van der Waals surface area (Å²) in [5.41, 5.74) is 2.40. The number of hydrogen-bond donors (Lipinski definition) is 2. The zero-order valence-corrected chi connectivity index (χ0v) is 11.6. The second kappa shape index (κ2) is 9.94. The number of carboxylic acid groups (broad SMARTS) is 1. The average Bonchev–Trinajstić information content (AvgIpc) is 2.38. The van der Waals surface area contributed by atoms with E-state index < -0.39 is 0 Å². The summed E-state index contributed by atoms with van der Waals surface area (Å²) in [6.07, 6.45) is 0.940. The molecule has 0 saturated carbocycles. The lowest BCUT2D eigenvalue weighted by Gasteiger charge is -2.08. The summed E-state index contributed by atoms with van der Waals surface area (Å²) in [4.78, 5) is 19.7. The lowest BCUT2D eigenvalue weighted by atomic mass is 10.1. The molecule has 0 aliphatic rings. The summed E-state index contributed by atoms with van der Waals surface area (Å²) in [6, 6.07) is 5.83. The standard InChI is InChI=1S/C13H19NO2.CH2O2/c1-4-7-14-13(15)9-16-12-6-5-10(2)11(3)8-12;2-1-3/h5-6,8H,4,7,9H2,1-3H3,(H,14,15);1H,(H,2,3). The van der Waals surface area contributed by atoms with Crippen molar-refractivity contribution in [1.29, 1.82) is 0 Å². The summed E-state index contributed by atoms with van der Waals surface area (Å²) in [7, 11) is 0. The van der Waals surface area contributed by atoms with Gasteiger partial charge in [-0.2, -0.15) is 0 Å². The Hall–Kier alpha value is -2.04. The Labute approximate surface area is 113 Å². The molecule has 1 amide bonds. The normalized spacial score (nSPS) is 9.00. The molecule has 1 rings (SSSR count). The molecule has 5 heteroatoms. The maximum atomic E-state index is 11.3. The van der Waals surface area contributed by atoms with Crippen molar-refractivity contribution in [2.75, 3.05) is 13.2 Å². The zero-order valence-electron chi connectivity index (χ0n) is 11.6. The van der Waals surface area contributed by atoms with Crippen LogP contribution in [0, 0.1) is 13.8 Å². The molecule has 0 aromatic heterocycles. The molecule has 0 radical (unpaired) electrons. The van der Waals surface area contributed by atoms with Crippen LogP contribution in [-0.2, 0) is 9.59 Å². The Morgan fingerprint density at radius 2 is 2.00 bits per heavy atom. The van der Waals surface area contributed by atoms with E-state index >= 15 is 0 Å². The van der Waals surface area contributed by atoms with Gasteiger partial charge in [0.2, 0.25) is 0 Å². The third-order valence-corrected chi connectivity index (χ3v) is 2.42. The van der Waals surface area contributed by atoms with Crippen LogP contribution in [0.15, 0.2) is 18.2 Å². The van der Waals surface area contributed by atoms with E-state index in [4.69, 9.17) is 14.6 Å². The van der Waals surface area contributed by atoms with Gasteiger partial charge in [-0.25, -0.2) is 0 Å². The first-order valence-corrected chi connectivity index (χ1v) is 6.09. The molecule has 0 aliphatic heterocycles. The fourth-order valence-electron chi connectivity index (χ4n) is 1.27. The first-order valence-electron chi connectivity index (χ1n) is 6.09. The van der Waals surface area contributed by atoms with Gasteiger partial charge in [0, 0.05) is 6.54 Å². The van der Waals surface area contributed by atoms with E-state index in [2.05, 4.69) is 5.32 Å². The second-order valence-electron chi connectivity index (χ2n) is 3.99. The van der Waals surface area contributed by atoms with Gasteiger partial charge in [-0.1, -0.05) is 13.0 Å². The predicted molar refractivity (Wildman–Crippen MR) is 73.4 cm³/mol. The second-order valence-corrected chi connectivity index (χ2v) is 3.99. The van der Waals surface area contributed by atoms with Gasteiger partial charge in [-0.3, -0.25) is 9.59 Å². The summed E-state index contributed by atoms with van der Waals surface area (Å²) >= 11 is 0. The van der Waals surface area contributed by atoms with Crippen molar-refractivity contribution in [3.63, 3.8) is 0 Å². The van der Waals surface area contributed by atoms with E-state index in [1.54, 1.807) is 0 Å². The van der Waals surface area contributed by atoms with Crippen molar-refractivity contribution in [1.82, 2.24) is 5.32 Å². The molecule has 0 aliphatic carbocycles. The third-order valence-electron chi connectivity index (χ3n) is 2.42. The first-order chi connectivity index (χ1) is 9.04. The van der Waals surface area contributed by atoms with Gasteiger partial charge in [0.25, 0.3) is 12.4 Å². The first kappa shape index (κ1) is 17.0. The molecule has 0 unspecified atom stereocenters. The summed E-state index contributed by atoms with van der Waals surface area (Å²) in [5.74, 6) is 0.676. The Bertz CT molecular complexity index is 404. The summed E-state index contributed by atoms with van der Waals surface area (Å²) < 4.78 is 5.39. The highest BCUT2D eigenvalue weighted by Gasteiger charge is 2.02. The number of carbonyl (C=O) groups excluding carboxylic acids is 1. The molecule has 0 saturated heterocycles. The summed E-state index contributed by atoms with van der Waals surface area (Å²) in [5, 5.41) is 9.65. The Kier molecular flexibility index (Phi) is 8.87. The van der Waals surface area contributed by atoms with E-state index in [0.29, 0.717) is 6.54 Å². The molecular formula is C14H21NO4. The molecule has 0 atom stereocenters. The number of nitrogens with one attached hydrogen (secondary N) is 1. The Balaban J connectivity index is 0.000000982. The lowest BCUT2D eigenvalue weighted by Crippen LogP contribution is -2.29. The van der Waals surface area contributed by atoms with Crippen LogP contribution in [0.3, 0.4) is 0 Å². The minimum absolute atomic E-state index is 0.0694. The predicted octanol–water partition coefficient (Wildman–Crippen LogP) is 1.91. The number of amides is 1. The fourth-order valence-corrected chi connectivity index (χ4v) is 1.27. The molecule has 19 heavy (non-hydrogen) atoms. The van der Waals surface area contributed by atoms with Crippen LogP contribution in [-0.4, -0.2) is 30.6 Å². The molecule has 2 N–H and O–H groups in total. The maximum absolute atomic E-state index is 11.3. The molecule has 0 bridgehead atoms. The molecule has 0 fully saturated rings. The topological polar surface area (TPSA) is 75.6 Å². The van der Waals surface area contributed by atoms with E-state index in [-0.39, 0.29) is 19.0 Å². The monoisotopic (exact) mass is 267 g/mol. The summed E-state index contributed by atoms with van der Waals surface area (Å²) in [6.45, 7) is 6.63. The fraction of sp³-hybridized carbons (Fsp3) is 0.429. The molecule has 0 spiro atoms. The van der Waals surface area contributed by atoms with Crippen LogP contribution < -0.4 is 10.1 Å². The van der Waals surface area contributed by atoms with Gasteiger partial charge in [0.15, 0.2) is 6.61 Å². The van der Waals surface area contributed by atoms with E-state index in [1.807, 2.05) is 39.0 Å². The number of ether oxygens (including phenoxy) is 1. The van der Waals surface area contributed by atoms with Gasteiger partial charge < -0.3 is 15.2 Å². The van der Waals surface area contributed by atoms with Crippen molar-refractivity contribution in [3.8, 4) is 5.75 Å². The van der Waals surface area contributed by atoms with Crippen molar-refractivity contribution in [3.05, 3.63) is 29.3 Å².